The summed E-state index contributed by atoms with van der Waals surface area (Å²) < 4.78 is 0. The van der Waals surface area contributed by atoms with Crippen LogP contribution < -0.4 is 0 Å². The van der Waals surface area contributed by atoms with Gasteiger partial charge in [-0.3, -0.25) is 0 Å². The van der Waals surface area contributed by atoms with Crippen molar-refractivity contribution in [1.29, 1.82) is 0 Å². The Balaban J connectivity index is 0.849. The monoisotopic (exact) mass is 862 g/mol. The fourth-order valence-corrected chi connectivity index (χ4v) is 10.3. The fraction of sp³-hybridized carbons (Fsp3) is 0. The molecule has 0 bridgehead atoms. The molecule has 0 N–H and O–H groups in total. The Hall–Kier alpha value is -8.98. The van der Waals surface area contributed by atoms with E-state index in [2.05, 4.69) is 237 Å². The zero-order chi connectivity index (χ0) is 45.0. The topological polar surface area (TPSA) is 25.8 Å². The highest BCUT2D eigenvalue weighted by atomic mass is 14.9. The maximum Gasteiger partial charge on any atom is 0.160 e. The summed E-state index contributed by atoms with van der Waals surface area (Å²) in [4.78, 5) is 10.3. The van der Waals surface area contributed by atoms with Crippen molar-refractivity contribution in [2.24, 2.45) is 0 Å². The largest absolute Gasteiger partial charge is 0.228 e. The molecule has 0 atom stereocenters. The van der Waals surface area contributed by atoms with Crippen molar-refractivity contribution >= 4 is 53.9 Å². The molecule has 0 radical (unpaired) electrons. The number of nitrogens with zero attached hydrogens (tertiary/aromatic N) is 2. The molecule has 0 aliphatic carbocycles. The quantitative estimate of drug-likeness (QED) is 0.118. The SMILES string of the molecule is c1ccc(-c2nc(-c3ccc(-c4ccc(-c5ccc(-c6cc7ccccc7c7cc8ccccc8cc67)cc5)c5ccccc45)cc3)cc(-c3cccc(-c4cccc5ccccc45)c3)n2)cc1. The minimum absolute atomic E-state index is 0.701. The van der Waals surface area contributed by atoms with E-state index in [-0.39, 0.29) is 0 Å². The van der Waals surface area contributed by atoms with Gasteiger partial charge in [-0.25, -0.2) is 9.97 Å². The van der Waals surface area contributed by atoms with E-state index < -0.39 is 0 Å². The molecule has 0 saturated carbocycles. The highest BCUT2D eigenvalue weighted by Gasteiger charge is 2.16. The molecule has 12 aromatic carbocycles. The Morgan fingerprint density at radius 3 is 1.32 bits per heavy atom. The van der Waals surface area contributed by atoms with Gasteiger partial charge in [0.25, 0.3) is 0 Å². The molecule has 0 amide bonds. The average molecular weight is 863 g/mol. The van der Waals surface area contributed by atoms with Crippen LogP contribution in [0.5, 0.6) is 0 Å². The van der Waals surface area contributed by atoms with Crippen LogP contribution in [0.1, 0.15) is 0 Å². The summed E-state index contributed by atoms with van der Waals surface area (Å²) in [7, 11) is 0. The predicted octanol–water partition coefficient (Wildman–Crippen LogP) is 17.9. The molecule has 0 aliphatic heterocycles. The maximum atomic E-state index is 5.17. The predicted molar refractivity (Wildman–Crippen MR) is 288 cm³/mol. The molecule has 1 aromatic heterocycles. The van der Waals surface area contributed by atoms with E-state index in [9.17, 15) is 0 Å². The second-order valence-corrected chi connectivity index (χ2v) is 17.7. The zero-order valence-electron chi connectivity index (χ0n) is 37.1. The number of hydrogen-bond donors (Lipinski definition) is 0. The highest BCUT2D eigenvalue weighted by molar-refractivity contribution is 6.17. The molecule has 13 rings (SSSR count). The van der Waals surface area contributed by atoms with Crippen molar-refractivity contribution in [2.45, 2.75) is 0 Å². The molecule has 0 unspecified atom stereocenters. The number of aromatic nitrogens is 2. The van der Waals surface area contributed by atoms with E-state index >= 15 is 0 Å². The summed E-state index contributed by atoms with van der Waals surface area (Å²) in [5.41, 5.74) is 14.4. The van der Waals surface area contributed by atoms with Gasteiger partial charge >= 0.3 is 0 Å². The van der Waals surface area contributed by atoms with E-state index in [0.717, 1.165) is 39.2 Å². The number of benzene rings is 12. The summed E-state index contributed by atoms with van der Waals surface area (Å²) in [5.74, 6) is 0.701. The molecule has 0 saturated heterocycles. The summed E-state index contributed by atoms with van der Waals surface area (Å²) in [6.07, 6.45) is 0. The van der Waals surface area contributed by atoms with Crippen molar-refractivity contribution in [1.82, 2.24) is 9.97 Å². The Morgan fingerprint density at radius 2 is 0.647 bits per heavy atom. The molecule has 316 valence electrons. The first-order chi connectivity index (χ1) is 33.7. The molecule has 68 heavy (non-hydrogen) atoms. The smallest absolute Gasteiger partial charge is 0.160 e. The van der Waals surface area contributed by atoms with Crippen LogP contribution in [0.2, 0.25) is 0 Å². The third-order valence-corrected chi connectivity index (χ3v) is 13.7. The lowest BCUT2D eigenvalue weighted by Gasteiger charge is -2.15. The van der Waals surface area contributed by atoms with Gasteiger partial charge in [-0.2, -0.15) is 0 Å². The van der Waals surface area contributed by atoms with Gasteiger partial charge in [0, 0.05) is 16.7 Å². The van der Waals surface area contributed by atoms with E-state index in [0.29, 0.717) is 5.82 Å². The van der Waals surface area contributed by atoms with Gasteiger partial charge in [0.1, 0.15) is 0 Å². The van der Waals surface area contributed by atoms with Gasteiger partial charge in [0.15, 0.2) is 5.82 Å². The van der Waals surface area contributed by atoms with Crippen LogP contribution in [0.15, 0.2) is 255 Å². The molecule has 0 aliphatic rings. The van der Waals surface area contributed by atoms with Gasteiger partial charge in [-0.1, -0.05) is 224 Å². The molecular weight excluding hydrogens is 821 g/mol. The van der Waals surface area contributed by atoms with Crippen LogP contribution in [-0.2, 0) is 0 Å². The number of fused-ring (bicyclic) bond motifs is 6. The van der Waals surface area contributed by atoms with Crippen LogP contribution in [-0.4, -0.2) is 9.97 Å². The zero-order valence-corrected chi connectivity index (χ0v) is 37.1. The van der Waals surface area contributed by atoms with E-state index in [1.807, 2.05) is 18.2 Å². The standard InChI is InChI=1S/C66H42N2/c1-2-15-48(16-3-1)66-67-64(42-65(68-66)53-22-12-21-51(38-53)55-27-13-20-43-14-6-8-23-54(43)55)47-34-32-45(33-35-47)58-37-36-57(59-25-10-11-26-60(58)59)44-28-30-46(31-29-44)61-41-52-19-7-9-24-56(52)62-39-49-17-4-5-18-50(49)40-63(61)62/h1-42H. The number of rotatable bonds is 7. The first kappa shape index (κ1) is 39.4. The Labute approximate surface area is 395 Å². The van der Waals surface area contributed by atoms with Crippen molar-refractivity contribution in [2.75, 3.05) is 0 Å². The second kappa shape index (κ2) is 16.5. The Bertz CT molecular complexity index is 4050. The van der Waals surface area contributed by atoms with Gasteiger partial charge in [0.05, 0.1) is 11.4 Å². The average Bonchev–Trinajstić information content (AvgIpc) is 3.42. The fourth-order valence-electron chi connectivity index (χ4n) is 10.3. The minimum atomic E-state index is 0.701. The first-order valence-electron chi connectivity index (χ1n) is 23.3. The van der Waals surface area contributed by atoms with Gasteiger partial charge < -0.3 is 0 Å². The van der Waals surface area contributed by atoms with E-state index in [1.54, 1.807) is 0 Å². The van der Waals surface area contributed by atoms with Crippen molar-refractivity contribution in [3.63, 3.8) is 0 Å². The summed E-state index contributed by atoms with van der Waals surface area (Å²) >= 11 is 0. The lowest BCUT2D eigenvalue weighted by Crippen LogP contribution is -1.96. The number of hydrogen-bond acceptors (Lipinski definition) is 2. The molecular formula is C66H42N2. The maximum absolute atomic E-state index is 5.17. The molecule has 0 spiro atoms. The van der Waals surface area contributed by atoms with Gasteiger partial charge in [-0.15, -0.1) is 0 Å². The van der Waals surface area contributed by atoms with Crippen molar-refractivity contribution < 1.29 is 0 Å². The molecule has 13 aromatic rings. The summed E-state index contributed by atoms with van der Waals surface area (Å²) in [6, 6.07) is 92.0. The third kappa shape index (κ3) is 6.99. The summed E-state index contributed by atoms with van der Waals surface area (Å²) in [6.45, 7) is 0. The third-order valence-electron chi connectivity index (χ3n) is 13.7. The van der Waals surface area contributed by atoms with Crippen LogP contribution in [0, 0.1) is 0 Å². The minimum Gasteiger partial charge on any atom is -0.228 e. The lowest BCUT2D eigenvalue weighted by molar-refractivity contribution is 1.18. The van der Waals surface area contributed by atoms with Crippen molar-refractivity contribution in [3.8, 4) is 78.4 Å². The lowest BCUT2D eigenvalue weighted by atomic mass is 9.89. The van der Waals surface area contributed by atoms with Crippen LogP contribution in [0.3, 0.4) is 0 Å². The molecule has 2 nitrogen and oxygen atoms in total. The normalized spacial score (nSPS) is 11.5. The summed E-state index contributed by atoms with van der Waals surface area (Å²) in [5, 5.41) is 12.5. The van der Waals surface area contributed by atoms with Crippen LogP contribution in [0.4, 0.5) is 0 Å². The molecule has 1 heterocycles. The van der Waals surface area contributed by atoms with Gasteiger partial charge in [-0.05, 0) is 129 Å². The first-order valence-corrected chi connectivity index (χ1v) is 23.3. The van der Waals surface area contributed by atoms with Crippen molar-refractivity contribution in [3.05, 3.63) is 255 Å². The Kier molecular flexibility index (Phi) is 9.54. The van der Waals surface area contributed by atoms with Crippen LogP contribution in [0.25, 0.3) is 132 Å². The molecule has 0 fully saturated rings. The van der Waals surface area contributed by atoms with E-state index in [4.69, 9.17) is 9.97 Å². The van der Waals surface area contributed by atoms with Gasteiger partial charge in [0.2, 0.25) is 0 Å². The Morgan fingerprint density at radius 1 is 0.191 bits per heavy atom. The highest BCUT2D eigenvalue weighted by Crippen LogP contribution is 2.41. The molecule has 2 heteroatoms. The van der Waals surface area contributed by atoms with Crippen LogP contribution >= 0.6 is 0 Å². The van der Waals surface area contributed by atoms with E-state index in [1.165, 1.54) is 87.2 Å². The second-order valence-electron chi connectivity index (χ2n) is 17.7.